The monoisotopic (exact) mass is 143 g/mol. The van der Waals surface area contributed by atoms with Crippen LogP contribution in [0.3, 0.4) is 0 Å². The molecule has 0 spiro atoms. The average Bonchev–Trinajstić information content (AvgIpc) is 2.00. The fourth-order valence-corrected chi connectivity index (χ4v) is 0.584. The average molecular weight is 143 g/mol. The van der Waals surface area contributed by atoms with Crippen LogP contribution in [0.1, 0.15) is 13.8 Å². The molecule has 2 unspecified atom stereocenters. The molecule has 0 aromatic heterocycles. The third-order valence-electron chi connectivity index (χ3n) is 1.66. The maximum Gasteiger partial charge on any atom is 0.223 e. The van der Waals surface area contributed by atoms with E-state index in [1.165, 1.54) is 0 Å². The predicted molar refractivity (Wildman–Crippen MR) is 38.5 cm³/mol. The van der Waals surface area contributed by atoms with Crippen molar-refractivity contribution in [3.8, 4) is 0 Å². The van der Waals surface area contributed by atoms with Gasteiger partial charge in [-0.15, -0.1) is 0 Å². The summed E-state index contributed by atoms with van der Waals surface area (Å²) in [4.78, 5) is 21.0. The van der Waals surface area contributed by atoms with Gasteiger partial charge < -0.3 is 10.1 Å². The normalized spacial score (nSPS) is 15.5. The molecular formula is C7H13NO2. The zero-order valence-electron chi connectivity index (χ0n) is 6.55. The third-order valence-corrected chi connectivity index (χ3v) is 1.66. The molecule has 0 aromatic carbocycles. The van der Waals surface area contributed by atoms with E-state index in [1.807, 2.05) is 0 Å². The van der Waals surface area contributed by atoms with E-state index in [1.54, 1.807) is 20.9 Å². The highest BCUT2D eigenvalue weighted by Crippen LogP contribution is 2.06. The molecule has 58 valence electrons. The van der Waals surface area contributed by atoms with Crippen LogP contribution in [0, 0.1) is 11.8 Å². The summed E-state index contributed by atoms with van der Waals surface area (Å²) in [6.07, 6.45) is 0.792. The Balaban J connectivity index is 3.93. The van der Waals surface area contributed by atoms with Gasteiger partial charge in [-0.05, 0) is 0 Å². The summed E-state index contributed by atoms with van der Waals surface area (Å²) in [5.41, 5.74) is 0. The highest BCUT2D eigenvalue weighted by Gasteiger charge is 2.17. The summed E-state index contributed by atoms with van der Waals surface area (Å²) >= 11 is 0. The van der Waals surface area contributed by atoms with Crippen LogP contribution in [0.5, 0.6) is 0 Å². The van der Waals surface area contributed by atoms with Crippen LogP contribution in [0.25, 0.3) is 0 Å². The molecule has 0 saturated carbocycles. The molecule has 2 atom stereocenters. The maximum absolute atomic E-state index is 10.8. The molecule has 0 saturated heterocycles. The molecule has 0 rings (SSSR count). The lowest BCUT2D eigenvalue weighted by atomic mass is 9.97. The number of carbonyl (C=O) groups is 2. The summed E-state index contributed by atoms with van der Waals surface area (Å²) in [6.45, 7) is 3.46. The molecule has 0 radical (unpaired) electrons. The molecule has 1 amide bonds. The topological polar surface area (TPSA) is 46.2 Å². The first-order valence-corrected chi connectivity index (χ1v) is 3.30. The number of hydrogen-bond donors (Lipinski definition) is 1. The fraction of sp³-hybridized carbons (Fsp3) is 0.714. The van der Waals surface area contributed by atoms with Gasteiger partial charge in [-0.1, -0.05) is 13.8 Å². The number of carbonyl (C=O) groups excluding carboxylic acids is 2. The Bertz CT molecular complexity index is 134. The summed E-state index contributed by atoms with van der Waals surface area (Å²) in [5, 5.41) is 2.48. The summed E-state index contributed by atoms with van der Waals surface area (Å²) in [5.74, 6) is -0.498. The first-order valence-electron chi connectivity index (χ1n) is 3.30. The quantitative estimate of drug-likeness (QED) is 0.574. The predicted octanol–water partition coefficient (Wildman–Crippen LogP) is 0.203. The Morgan fingerprint density at radius 2 is 2.00 bits per heavy atom. The standard InChI is InChI=1S/C7H13NO2/c1-5(4-9)6(2)7(10)8-3/h4-6H,1-3H3,(H,8,10). The first kappa shape index (κ1) is 9.14. The largest absolute Gasteiger partial charge is 0.359 e. The Kier molecular flexibility index (Phi) is 3.69. The molecule has 0 aliphatic carbocycles. The van der Waals surface area contributed by atoms with Gasteiger partial charge in [0.2, 0.25) is 5.91 Å². The van der Waals surface area contributed by atoms with Crippen LogP contribution in [-0.4, -0.2) is 19.2 Å². The van der Waals surface area contributed by atoms with Gasteiger partial charge in [0.25, 0.3) is 0 Å². The molecule has 0 aliphatic heterocycles. The van der Waals surface area contributed by atoms with Crippen molar-refractivity contribution in [1.29, 1.82) is 0 Å². The SMILES string of the molecule is CNC(=O)C(C)C(C)C=O. The molecule has 0 heterocycles. The van der Waals surface area contributed by atoms with Gasteiger partial charge >= 0.3 is 0 Å². The fourth-order valence-electron chi connectivity index (χ4n) is 0.584. The van der Waals surface area contributed by atoms with E-state index in [0.29, 0.717) is 0 Å². The van der Waals surface area contributed by atoms with Crippen LogP contribution >= 0.6 is 0 Å². The van der Waals surface area contributed by atoms with E-state index < -0.39 is 0 Å². The van der Waals surface area contributed by atoms with Gasteiger partial charge in [0.15, 0.2) is 0 Å². The highest BCUT2D eigenvalue weighted by molar-refractivity contribution is 5.80. The van der Waals surface area contributed by atoms with Crippen molar-refractivity contribution in [2.75, 3.05) is 7.05 Å². The molecule has 10 heavy (non-hydrogen) atoms. The second kappa shape index (κ2) is 4.04. The lowest BCUT2D eigenvalue weighted by Gasteiger charge is -2.11. The van der Waals surface area contributed by atoms with E-state index in [4.69, 9.17) is 0 Å². The second-order valence-electron chi connectivity index (χ2n) is 2.40. The number of hydrogen-bond acceptors (Lipinski definition) is 2. The van der Waals surface area contributed by atoms with Crippen LogP contribution in [0.15, 0.2) is 0 Å². The van der Waals surface area contributed by atoms with E-state index in [0.717, 1.165) is 6.29 Å². The molecule has 0 fully saturated rings. The van der Waals surface area contributed by atoms with E-state index in [-0.39, 0.29) is 17.7 Å². The van der Waals surface area contributed by atoms with Crippen molar-refractivity contribution in [3.63, 3.8) is 0 Å². The molecule has 1 N–H and O–H groups in total. The van der Waals surface area contributed by atoms with E-state index >= 15 is 0 Å². The Morgan fingerprint density at radius 1 is 1.50 bits per heavy atom. The Hall–Kier alpha value is -0.860. The minimum Gasteiger partial charge on any atom is -0.359 e. The molecule has 3 heteroatoms. The molecular weight excluding hydrogens is 130 g/mol. The molecule has 0 bridgehead atoms. The van der Waals surface area contributed by atoms with Crippen LogP contribution in [0.4, 0.5) is 0 Å². The Labute approximate surface area is 60.8 Å². The van der Waals surface area contributed by atoms with Crippen molar-refractivity contribution in [2.24, 2.45) is 11.8 Å². The van der Waals surface area contributed by atoms with E-state index in [9.17, 15) is 9.59 Å². The number of nitrogens with one attached hydrogen (secondary N) is 1. The Morgan fingerprint density at radius 3 is 2.30 bits per heavy atom. The van der Waals surface area contributed by atoms with Gasteiger partial charge in [-0.3, -0.25) is 4.79 Å². The van der Waals surface area contributed by atoms with Crippen molar-refractivity contribution in [2.45, 2.75) is 13.8 Å². The summed E-state index contributed by atoms with van der Waals surface area (Å²) in [6, 6.07) is 0. The van der Waals surface area contributed by atoms with Crippen molar-refractivity contribution in [3.05, 3.63) is 0 Å². The summed E-state index contributed by atoms with van der Waals surface area (Å²) < 4.78 is 0. The van der Waals surface area contributed by atoms with Gasteiger partial charge in [-0.2, -0.15) is 0 Å². The van der Waals surface area contributed by atoms with Crippen molar-refractivity contribution >= 4 is 12.2 Å². The number of rotatable bonds is 3. The zero-order chi connectivity index (χ0) is 8.15. The first-order chi connectivity index (χ1) is 4.63. The lowest BCUT2D eigenvalue weighted by molar-refractivity contribution is -0.128. The van der Waals surface area contributed by atoms with Crippen LogP contribution in [0.2, 0.25) is 0 Å². The third kappa shape index (κ3) is 2.17. The number of aldehydes is 1. The minimum absolute atomic E-state index is 0.0837. The van der Waals surface area contributed by atoms with E-state index in [2.05, 4.69) is 5.32 Å². The van der Waals surface area contributed by atoms with Crippen molar-refractivity contribution in [1.82, 2.24) is 5.32 Å². The van der Waals surface area contributed by atoms with Gasteiger partial charge in [0.05, 0.1) is 0 Å². The van der Waals surface area contributed by atoms with Crippen LogP contribution < -0.4 is 5.32 Å². The van der Waals surface area contributed by atoms with Gasteiger partial charge in [-0.25, -0.2) is 0 Å². The number of amides is 1. The lowest BCUT2D eigenvalue weighted by Crippen LogP contribution is -2.30. The van der Waals surface area contributed by atoms with Crippen LogP contribution in [-0.2, 0) is 9.59 Å². The maximum atomic E-state index is 10.8. The van der Waals surface area contributed by atoms with Gasteiger partial charge in [0.1, 0.15) is 6.29 Å². The zero-order valence-corrected chi connectivity index (χ0v) is 6.55. The highest BCUT2D eigenvalue weighted by atomic mass is 16.2. The minimum atomic E-state index is -0.220. The molecule has 0 aliphatic rings. The second-order valence-corrected chi connectivity index (χ2v) is 2.40. The van der Waals surface area contributed by atoms with Gasteiger partial charge in [0, 0.05) is 18.9 Å². The smallest absolute Gasteiger partial charge is 0.223 e. The van der Waals surface area contributed by atoms with Crippen molar-refractivity contribution < 1.29 is 9.59 Å². The molecule has 3 nitrogen and oxygen atoms in total. The summed E-state index contributed by atoms with van der Waals surface area (Å²) in [7, 11) is 1.57. The molecule has 0 aromatic rings.